The fourth-order valence-electron chi connectivity index (χ4n) is 2.21. The van der Waals surface area contributed by atoms with Gasteiger partial charge >= 0.3 is 5.69 Å². The third-order valence-corrected chi connectivity index (χ3v) is 4.05. The smallest absolute Gasteiger partial charge is 0.324 e. The van der Waals surface area contributed by atoms with Crippen molar-refractivity contribution >= 4 is 27.5 Å². The summed E-state index contributed by atoms with van der Waals surface area (Å²) in [7, 11) is 0. The van der Waals surface area contributed by atoms with Gasteiger partial charge in [0.05, 0.1) is 11.9 Å². The van der Waals surface area contributed by atoms with Crippen molar-refractivity contribution in [2.45, 2.75) is 13.5 Å². The van der Waals surface area contributed by atoms with Crippen LogP contribution in [0.25, 0.3) is 11.3 Å². The summed E-state index contributed by atoms with van der Waals surface area (Å²) < 4.78 is 1.95. The average molecular weight is 399 g/mol. The minimum absolute atomic E-state index is 0.198. The molecule has 0 radical (unpaired) electrons. The SMILES string of the molecule is Cc1ccc(-c2cnn(CC(=O)Nc3ccc(Br)cc3)c(=O)n2)cc1. The second kappa shape index (κ2) is 7.40. The van der Waals surface area contributed by atoms with Gasteiger partial charge in [0.2, 0.25) is 5.91 Å². The highest BCUT2D eigenvalue weighted by atomic mass is 79.9. The molecule has 0 atom stereocenters. The van der Waals surface area contributed by atoms with Crippen LogP contribution in [0.3, 0.4) is 0 Å². The maximum Gasteiger partial charge on any atom is 0.365 e. The van der Waals surface area contributed by atoms with Crippen molar-refractivity contribution in [3.8, 4) is 11.3 Å². The zero-order valence-electron chi connectivity index (χ0n) is 13.4. The molecule has 0 aliphatic heterocycles. The summed E-state index contributed by atoms with van der Waals surface area (Å²) in [6, 6.07) is 14.8. The van der Waals surface area contributed by atoms with E-state index in [0.29, 0.717) is 11.4 Å². The molecule has 0 saturated carbocycles. The van der Waals surface area contributed by atoms with Crippen LogP contribution in [0.4, 0.5) is 5.69 Å². The van der Waals surface area contributed by atoms with Crippen LogP contribution in [0.1, 0.15) is 5.56 Å². The molecular formula is C18H15BrN4O2. The van der Waals surface area contributed by atoms with E-state index >= 15 is 0 Å². The van der Waals surface area contributed by atoms with Crippen molar-refractivity contribution in [1.82, 2.24) is 14.8 Å². The van der Waals surface area contributed by atoms with Crippen molar-refractivity contribution in [2.24, 2.45) is 0 Å². The Morgan fingerprint density at radius 3 is 2.44 bits per heavy atom. The fourth-order valence-corrected chi connectivity index (χ4v) is 2.47. The van der Waals surface area contributed by atoms with Crippen molar-refractivity contribution in [2.75, 3.05) is 5.32 Å². The highest BCUT2D eigenvalue weighted by Gasteiger charge is 2.09. The zero-order valence-corrected chi connectivity index (χ0v) is 15.0. The number of carbonyl (C=O) groups excluding carboxylic acids is 1. The van der Waals surface area contributed by atoms with Crippen LogP contribution in [0, 0.1) is 6.92 Å². The first-order chi connectivity index (χ1) is 12.0. The Labute approximate surface area is 152 Å². The van der Waals surface area contributed by atoms with Gasteiger partial charge in [-0.3, -0.25) is 4.79 Å². The molecule has 0 fully saturated rings. The quantitative estimate of drug-likeness (QED) is 0.732. The van der Waals surface area contributed by atoms with E-state index in [1.54, 1.807) is 12.1 Å². The monoisotopic (exact) mass is 398 g/mol. The molecule has 3 aromatic rings. The van der Waals surface area contributed by atoms with Crippen LogP contribution in [-0.2, 0) is 11.3 Å². The van der Waals surface area contributed by atoms with Gasteiger partial charge < -0.3 is 5.32 Å². The molecule has 1 heterocycles. The van der Waals surface area contributed by atoms with Crippen LogP contribution in [0.15, 0.2) is 64.0 Å². The topological polar surface area (TPSA) is 76.9 Å². The number of carbonyl (C=O) groups is 1. The lowest BCUT2D eigenvalue weighted by Crippen LogP contribution is -2.31. The van der Waals surface area contributed by atoms with Gasteiger partial charge in [-0.15, -0.1) is 0 Å². The number of hydrogen-bond acceptors (Lipinski definition) is 4. The molecule has 25 heavy (non-hydrogen) atoms. The Morgan fingerprint density at radius 1 is 1.12 bits per heavy atom. The highest BCUT2D eigenvalue weighted by molar-refractivity contribution is 9.10. The summed E-state index contributed by atoms with van der Waals surface area (Å²) in [4.78, 5) is 28.2. The Kier molecular flexibility index (Phi) is 5.04. The predicted octanol–water partition coefficient (Wildman–Crippen LogP) is 3.01. The van der Waals surface area contributed by atoms with Crippen molar-refractivity contribution in [1.29, 1.82) is 0 Å². The summed E-state index contributed by atoms with van der Waals surface area (Å²) in [5.74, 6) is -0.346. The van der Waals surface area contributed by atoms with E-state index in [4.69, 9.17) is 0 Å². The Bertz CT molecular complexity index is 950. The molecule has 1 amide bonds. The summed E-state index contributed by atoms with van der Waals surface area (Å²) in [6.07, 6.45) is 1.49. The van der Waals surface area contributed by atoms with Crippen LogP contribution < -0.4 is 11.0 Å². The van der Waals surface area contributed by atoms with Gasteiger partial charge in [-0.05, 0) is 31.2 Å². The number of nitrogens with zero attached hydrogens (tertiary/aromatic N) is 3. The molecule has 1 N–H and O–H groups in total. The average Bonchev–Trinajstić information content (AvgIpc) is 2.59. The second-order valence-electron chi connectivity index (χ2n) is 5.50. The van der Waals surface area contributed by atoms with E-state index < -0.39 is 5.69 Å². The minimum Gasteiger partial charge on any atom is -0.324 e. The molecule has 0 bridgehead atoms. The molecule has 0 saturated heterocycles. The molecule has 2 aromatic carbocycles. The molecule has 6 nitrogen and oxygen atoms in total. The van der Waals surface area contributed by atoms with Crippen molar-refractivity contribution in [3.05, 3.63) is 75.2 Å². The van der Waals surface area contributed by atoms with Crippen molar-refractivity contribution < 1.29 is 4.79 Å². The number of nitrogens with one attached hydrogen (secondary N) is 1. The first-order valence-corrected chi connectivity index (χ1v) is 8.37. The van der Waals surface area contributed by atoms with Gasteiger partial charge in [0.15, 0.2) is 0 Å². The van der Waals surface area contributed by atoms with E-state index in [9.17, 15) is 9.59 Å². The maximum absolute atomic E-state index is 12.1. The standard InChI is InChI=1S/C18H15BrN4O2/c1-12-2-4-13(5-3-12)16-10-20-23(18(25)22-16)11-17(24)21-15-8-6-14(19)7-9-15/h2-10H,11H2,1H3,(H,21,24). The molecular weight excluding hydrogens is 384 g/mol. The first-order valence-electron chi connectivity index (χ1n) is 7.58. The number of aryl methyl sites for hydroxylation is 1. The highest BCUT2D eigenvalue weighted by Crippen LogP contribution is 2.15. The molecule has 126 valence electrons. The van der Waals surface area contributed by atoms with E-state index in [1.165, 1.54) is 6.20 Å². The number of hydrogen-bond donors (Lipinski definition) is 1. The van der Waals surface area contributed by atoms with Gasteiger partial charge in [0.1, 0.15) is 6.54 Å². The summed E-state index contributed by atoms with van der Waals surface area (Å²) >= 11 is 3.33. The number of aromatic nitrogens is 3. The van der Waals surface area contributed by atoms with E-state index in [1.807, 2.05) is 43.3 Å². The lowest BCUT2D eigenvalue weighted by atomic mass is 10.1. The first kappa shape index (κ1) is 17.0. The molecule has 0 aliphatic carbocycles. The summed E-state index contributed by atoms with van der Waals surface area (Å²) in [5.41, 5.74) is 2.49. The normalized spacial score (nSPS) is 10.5. The number of rotatable bonds is 4. The van der Waals surface area contributed by atoms with Gasteiger partial charge in [0, 0.05) is 15.7 Å². The van der Waals surface area contributed by atoms with Gasteiger partial charge in [-0.1, -0.05) is 45.8 Å². The molecule has 0 spiro atoms. The minimum atomic E-state index is -0.566. The van der Waals surface area contributed by atoms with E-state index in [-0.39, 0.29) is 12.5 Å². The number of anilines is 1. The Morgan fingerprint density at radius 2 is 1.80 bits per heavy atom. The Hall–Kier alpha value is -2.80. The predicted molar refractivity (Wildman–Crippen MR) is 99.2 cm³/mol. The fraction of sp³-hybridized carbons (Fsp3) is 0.111. The summed E-state index contributed by atoms with van der Waals surface area (Å²) in [6.45, 7) is 1.79. The van der Waals surface area contributed by atoms with Gasteiger partial charge in [0.25, 0.3) is 0 Å². The number of amides is 1. The second-order valence-corrected chi connectivity index (χ2v) is 6.42. The van der Waals surface area contributed by atoms with Gasteiger partial charge in [-0.25, -0.2) is 9.48 Å². The molecule has 0 unspecified atom stereocenters. The zero-order chi connectivity index (χ0) is 17.8. The van der Waals surface area contributed by atoms with E-state index in [0.717, 1.165) is 20.3 Å². The lowest BCUT2D eigenvalue weighted by Gasteiger charge is -2.07. The van der Waals surface area contributed by atoms with Crippen molar-refractivity contribution in [3.63, 3.8) is 0 Å². The maximum atomic E-state index is 12.1. The third kappa shape index (κ3) is 4.39. The molecule has 3 rings (SSSR count). The molecule has 1 aromatic heterocycles. The third-order valence-electron chi connectivity index (χ3n) is 3.52. The molecule has 0 aliphatic rings. The van der Waals surface area contributed by atoms with Crippen LogP contribution in [-0.4, -0.2) is 20.7 Å². The van der Waals surface area contributed by atoms with E-state index in [2.05, 4.69) is 31.3 Å². The van der Waals surface area contributed by atoms with Crippen LogP contribution in [0.5, 0.6) is 0 Å². The lowest BCUT2D eigenvalue weighted by molar-refractivity contribution is -0.117. The number of halogens is 1. The largest absolute Gasteiger partial charge is 0.365 e. The van der Waals surface area contributed by atoms with Crippen LogP contribution >= 0.6 is 15.9 Å². The number of benzene rings is 2. The van der Waals surface area contributed by atoms with Crippen LogP contribution in [0.2, 0.25) is 0 Å². The summed E-state index contributed by atoms with van der Waals surface area (Å²) in [5, 5.41) is 6.76. The Balaban J connectivity index is 1.72. The molecule has 7 heteroatoms. The van der Waals surface area contributed by atoms with Gasteiger partial charge in [-0.2, -0.15) is 10.1 Å².